The maximum atomic E-state index is 14.1. The van der Waals surface area contributed by atoms with Crippen molar-refractivity contribution in [2.45, 2.75) is 18.9 Å². The van der Waals surface area contributed by atoms with Gasteiger partial charge >= 0.3 is 5.97 Å². The zero-order chi connectivity index (χ0) is 26.4. The molecule has 1 aliphatic rings. The van der Waals surface area contributed by atoms with E-state index in [1.54, 1.807) is 11.0 Å². The van der Waals surface area contributed by atoms with Gasteiger partial charge in [-0.2, -0.15) is 5.26 Å². The molecule has 4 aromatic rings. The molecule has 5 rings (SSSR count). The third-order valence-corrected chi connectivity index (χ3v) is 6.74. The molecule has 0 radical (unpaired) electrons. The van der Waals surface area contributed by atoms with E-state index in [-0.39, 0.29) is 18.7 Å². The fourth-order valence-electron chi connectivity index (χ4n) is 4.74. The number of carbonyl (C=O) groups is 2. The molecule has 0 saturated carbocycles. The lowest BCUT2D eigenvalue weighted by molar-refractivity contribution is -0.143. The Morgan fingerprint density at radius 3 is 1.63 bits per heavy atom. The summed E-state index contributed by atoms with van der Waals surface area (Å²) in [5.74, 6) is -0.905. The molecule has 0 saturated heterocycles. The minimum atomic E-state index is -1.42. The molecule has 0 N–H and O–H groups in total. The van der Waals surface area contributed by atoms with Gasteiger partial charge in [0, 0.05) is 23.4 Å². The van der Waals surface area contributed by atoms with Gasteiger partial charge in [0.2, 0.25) is 0 Å². The van der Waals surface area contributed by atoms with Crippen molar-refractivity contribution >= 4 is 23.3 Å². The number of hydrogen-bond acceptors (Lipinski definition) is 4. The smallest absolute Gasteiger partial charge is 0.334 e. The number of esters is 1. The van der Waals surface area contributed by atoms with Gasteiger partial charge in [-0.1, -0.05) is 103 Å². The van der Waals surface area contributed by atoms with Gasteiger partial charge in [-0.3, -0.25) is 9.69 Å². The van der Waals surface area contributed by atoms with Crippen LogP contribution in [0.15, 0.2) is 133 Å². The maximum Gasteiger partial charge on any atom is 0.334 e. The van der Waals surface area contributed by atoms with Crippen LogP contribution < -0.4 is 4.90 Å². The molecule has 0 unspecified atom stereocenters. The molecular formula is C33H26N2O3. The predicted molar refractivity (Wildman–Crippen MR) is 146 cm³/mol. The van der Waals surface area contributed by atoms with Crippen LogP contribution in [0.25, 0.3) is 0 Å². The Labute approximate surface area is 222 Å². The number of hydrogen-bond donors (Lipinski definition) is 0. The molecule has 5 nitrogen and oxygen atoms in total. The van der Waals surface area contributed by atoms with Gasteiger partial charge in [0.1, 0.15) is 5.41 Å². The minimum absolute atomic E-state index is 0.0202. The Bertz CT molecular complexity index is 1400. The molecule has 0 heterocycles. The summed E-state index contributed by atoms with van der Waals surface area (Å²) in [7, 11) is 0. The Hall–Kier alpha value is -4.95. The van der Waals surface area contributed by atoms with Crippen LogP contribution in [0.1, 0.15) is 30.1 Å². The van der Waals surface area contributed by atoms with Crippen molar-refractivity contribution in [1.29, 1.82) is 5.26 Å². The molecule has 0 fully saturated rings. The largest absolute Gasteiger partial charge is 0.449 e. The first-order chi connectivity index (χ1) is 18.6. The second kappa shape index (κ2) is 11.0. The Balaban J connectivity index is 1.41. The fourth-order valence-corrected chi connectivity index (χ4v) is 4.74. The van der Waals surface area contributed by atoms with Crippen LogP contribution in [0.5, 0.6) is 0 Å². The molecule has 186 valence electrons. The van der Waals surface area contributed by atoms with E-state index in [1.165, 1.54) is 0 Å². The lowest BCUT2D eigenvalue weighted by Gasteiger charge is -2.30. The molecule has 5 heteroatoms. The molecule has 1 aliphatic carbocycles. The number of nitriles is 1. The highest BCUT2D eigenvalue weighted by Crippen LogP contribution is 2.43. The lowest BCUT2D eigenvalue weighted by Crippen LogP contribution is -2.40. The lowest BCUT2D eigenvalue weighted by atomic mass is 9.84. The second-order valence-electron chi connectivity index (χ2n) is 9.22. The van der Waals surface area contributed by atoms with Gasteiger partial charge in [0.15, 0.2) is 6.10 Å². The van der Waals surface area contributed by atoms with Crippen LogP contribution in [-0.4, -0.2) is 11.9 Å². The van der Waals surface area contributed by atoms with Crippen molar-refractivity contribution < 1.29 is 14.3 Å². The van der Waals surface area contributed by atoms with E-state index in [4.69, 9.17) is 4.74 Å². The zero-order valence-electron chi connectivity index (χ0n) is 20.7. The van der Waals surface area contributed by atoms with Gasteiger partial charge in [0.25, 0.3) is 5.91 Å². The second-order valence-corrected chi connectivity index (χ2v) is 9.22. The van der Waals surface area contributed by atoms with E-state index in [2.05, 4.69) is 6.07 Å². The van der Waals surface area contributed by atoms with Crippen LogP contribution in [-0.2, 0) is 14.3 Å². The highest BCUT2D eigenvalue weighted by Gasteiger charge is 2.47. The van der Waals surface area contributed by atoms with Crippen molar-refractivity contribution in [3.63, 3.8) is 0 Å². The first-order valence-corrected chi connectivity index (χ1v) is 12.5. The SMILES string of the molecule is N#C[C@]1(C(=O)N(c2ccccc2)c2ccccc2)CC=C(C(=O)OC(c2ccccc2)c2ccccc2)C1. The molecule has 0 aromatic heterocycles. The van der Waals surface area contributed by atoms with Crippen molar-refractivity contribution in [3.05, 3.63) is 144 Å². The highest BCUT2D eigenvalue weighted by molar-refractivity contribution is 6.07. The predicted octanol–water partition coefficient (Wildman–Crippen LogP) is 6.91. The van der Waals surface area contributed by atoms with Crippen LogP contribution in [0.2, 0.25) is 0 Å². The van der Waals surface area contributed by atoms with Crippen LogP contribution in [0.4, 0.5) is 11.4 Å². The normalized spacial score (nSPS) is 16.4. The minimum Gasteiger partial charge on any atom is -0.449 e. The molecule has 38 heavy (non-hydrogen) atoms. The summed E-state index contributed by atoms with van der Waals surface area (Å²) >= 11 is 0. The van der Waals surface area contributed by atoms with Crippen LogP contribution >= 0.6 is 0 Å². The number of allylic oxidation sites excluding steroid dienone is 1. The number of rotatable bonds is 7. The number of nitrogens with zero attached hydrogens (tertiary/aromatic N) is 2. The summed E-state index contributed by atoms with van der Waals surface area (Å²) in [6.45, 7) is 0. The standard InChI is InChI=1S/C33H26N2O3/c34-24-33(32(37)35(28-17-9-3-10-18-28)29-19-11-4-12-20-29)22-21-27(23-33)31(36)38-30(25-13-5-1-6-14-25)26-15-7-2-8-16-26/h1-21,30H,22-23H2/t33-/m0/s1. The molecule has 0 bridgehead atoms. The molecule has 4 aromatic carbocycles. The number of carbonyl (C=O) groups excluding carboxylic acids is 2. The van der Waals surface area contributed by atoms with E-state index >= 15 is 0 Å². The highest BCUT2D eigenvalue weighted by atomic mass is 16.5. The third-order valence-electron chi connectivity index (χ3n) is 6.74. The fraction of sp³-hybridized carbons (Fsp3) is 0.121. The number of ether oxygens (including phenoxy) is 1. The quantitative estimate of drug-likeness (QED) is 0.260. The average Bonchev–Trinajstić information content (AvgIpc) is 3.44. The monoisotopic (exact) mass is 498 g/mol. The number of para-hydroxylation sites is 2. The Morgan fingerprint density at radius 1 is 0.737 bits per heavy atom. The molecule has 0 aliphatic heterocycles. The summed E-state index contributed by atoms with van der Waals surface area (Å²) in [6.07, 6.45) is 1.17. The third kappa shape index (κ3) is 4.98. The van der Waals surface area contributed by atoms with Crippen LogP contribution in [0.3, 0.4) is 0 Å². The van der Waals surface area contributed by atoms with Gasteiger partial charge in [0.05, 0.1) is 6.07 Å². The summed E-state index contributed by atoms with van der Waals surface area (Å²) in [6, 6.07) is 39.8. The first-order valence-electron chi connectivity index (χ1n) is 12.5. The summed E-state index contributed by atoms with van der Waals surface area (Å²) in [5.41, 5.74) is 1.90. The molecular weight excluding hydrogens is 472 g/mol. The number of anilines is 2. The van der Waals surface area contributed by atoms with Crippen molar-refractivity contribution in [2.24, 2.45) is 5.41 Å². The van der Waals surface area contributed by atoms with E-state index in [0.29, 0.717) is 16.9 Å². The van der Waals surface area contributed by atoms with E-state index in [0.717, 1.165) is 11.1 Å². The zero-order valence-corrected chi connectivity index (χ0v) is 20.7. The summed E-state index contributed by atoms with van der Waals surface area (Å²) < 4.78 is 6.01. The van der Waals surface area contributed by atoms with Gasteiger partial charge in [-0.05, 0) is 41.8 Å². The summed E-state index contributed by atoms with van der Waals surface area (Å²) in [5, 5.41) is 10.3. The Morgan fingerprint density at radius 2 is 1.18 bits per heavy atom. The molecule has 1 amide bonds. The van der Waals surface area contributed by atoms with E-state index in [1.807, 2.05) is 121 Å². The average molecular weight is 499 g/mol. The maximum absolute atomic E-state index is 14.1. The van der Waals surface area contributed by atoms with Gasteiger partial charge in [-0.15, -0.1) is 0 Å². The van der Waals surface area contributed by atoms with E-state index in [9.17, 15) is 14.9 Å². The first kappa shape index (κ1) is 24.7. The van der Waals surface area contributed by atoms with Gasteiger partial charge < -0.3 is 4.74 Å². The van der Waals surface area contributed by atoms with Gasteiger partial charge in [-0.25, -0.2) is 4.79 Å². The van der Waals surface area contributed by atoms with Crippen molar-refractivity contribution in [3.8, 4) is 6.07 Å². The summed E-state index contributed by atoms with van der Waals surface area (Å²) in [4.78, 5) is 29.0. The van der Waals surface area contributed by atoms with Crippen molar-refractivity contribution in [2.75, 3.05) is 4.90 Å². The topological polar surface area (TPSA) is 70.4 Å². The number of benzene rings is 4. The van der Waals surface area contributed by atoms with Crippen molar-refractivity contribution in [1.82, 2.24) is 0 Å². The Kier molecular flexibility index (Phi) is 7.15. The van der Waals surface area contributed by atoms with Crippen LogP contribution in [0, 0.1) is 16.7 Å². The molecule has 1 atom stereocenters. The molecule has 0 spiro atoms. The number of amides is 1. The van der Waals surface area contributed by atoms with E-state index < -0.39 is 17.5 Å².